The Morgan fingerprint density at radius 1 is 1.12 bits per heavy atom. The van der Waals surface area contributed by atoms with Crippen LogP contribution in [0.25, 0.3) is 0 Å². The zero-order chi connectivity index (χ0) is 17.2. The van der Waals surface area contributed by atoms with Gasteiger partial charge in [0.2, 0.25) is 11.8 Å². The van der Waals surface area contributed by atoms with Gasteiger partial charge >= 0.3 is 0 Å². The van der Waals surface area contributed by atoms with Crippen molar-refractivity contribution in [1.29, 1.82) is 0 Å². The predicted molar refractivity (Wildman–Crippen MR) is 97.4 cm³/mol. The van der Waals surface area contributed by atoms with E-state index in [-0.39, 0.29) is 0 Å². The number of hydrogen-bond donors (Lipinski definition) is 0. The van der Waals surface area contributed by atoms with Crippen LogP contribution in [-0.4, -0.2) is 51.7 Å². The third-order valence-electron chi connectivity index (χ3n) is 5.79. The predicted octanol–water partition coefficient (Wildman–Crippen LogP) is 3.03. The molecule has 2 aliphatic heterocycles. The molecule has 2 aliphatic rings. The molecule has 1 aromatic heterocycles. The van der Waals surface area contributed by atoms with Crippen LogP contribution in [-0.2, 0) is 13.0 Å². The van der Waals surface area contributed by atoms with E-state index in [1.54, 1.807) is 0 Å². The number of benzene rings is 1. The Morgan fingerprint density at radius 2 is 1.88 bits per heavy atom. The number of rotatable bonds is 5. The second kappa shape index (κ2) is 7.26. The summed E-state index contributed by atoms with van der Waals surface area (Å²) in [5, 5.41) is 8.55. The van der Waals surface area contributed by atoms with Gasteiger partial charge in [-0.25, -0.2) is 0 Å². The molecule has 5 heteroatoms. The van der Waals surface area contributed by atoms with Gasteiger partial charge in [-0.2, -0.15) is 0 Å². The van der Waals surface area contributed by atoms with E-state index in [2.05, 4.69) is 58.1 Å². The van der Waals surface area contributed by atoms with E-state index in [4.69, 9.17) is 4.42 Å². The fourth-order valence-electron chi connectivity index (χ4n) is 4.23. The highest BCUT2D eigenvalue weighted by Crippen LogP contribution is 2.26. The number of hydrogen-bond acceptors (Lipinski definition) is 5. The first-order chi connectivity index (χ1) is 12.2. The number of aryl methyl sites for hydroxylation is 1. The van der Waals surface area contributed by atoms with Crippen molar-refractivity contribution < 1.29 is 4.42 Å². The third-order valence-corrected chi connectivity index (χ3v) is 5.79. The Bertz CT molecular complexity index is 707. The smallest absolute Gasteiger partial charge is 0.230 e. The van der Waals surface area contributed by atoms with Gasteiger partial charge in [-0.3, -0.25) is 9.80 Å². The summed E-state index contributed by atoms with van der Waals surface area (Å²) >= 11 is 0. The standard InChI is InChI=1S/C20H28N4O/c1-15-7-3-4-8-17(15)12-19-21-22-20(25-19)14-24-13-18(11-16(24)2)23-9-5-6-10-23/h3-4,7-8,16,18H,5-6,9-14H2,1-2H3. The van der Waals surface area contributed by atoms with Crippen molar-refractivity contribution in [3.8, 4) is 0 Å². The van der Waals surface area contributed by atoms with Crippen LogP contribution in [0.1, 0.15) is 49.1 Å². The zero-order valence-corrected chi connectivity index (χ0v) is 15.3. The molecule has 0 aliphatic carbocycles. The first-order valence-corrected chi connectivity index (χ1v) is 9.53. The number of likely N-dealkylation sites (tertiary alicyclic amines) is 2. The van der Waals surface area contributed by atoms with Gasteiger partial charge in [0, 0.05) is 18.6 Å². The Hall–Kier alpha value is -1.72. The molecule has 0 amide bonds. The number of nitrogens with zero attached hydrogens (tertiary/aromatic N) is 4. The first-order valence-electron chi connectivity index (χ1n) is 9.53. The van der Waals surface area contributed by atoms with E-state index in [1.807, 2.05) is 0 Å². The Labute approximate surface area is 150 Å². The first kappa shape index (κ1) is 16.7. The third kappa shape index (κ3) is 3.77. The SMILES string of the molecule is Cc1ccccc1Cc1nnc(CN2CC(N3CCCC3)CC2C)o1. The van der Waals surface area contributed by atoms with Crippen molar-refractivity contribution >= 4 is 0 Å². The van der Waals surface area contributed by atoms with Crippen LogP contribution in [0.15, 0.2) is 28.7 Å². The highest BCUT2D eigenvalue weighted by Gasteiger charge is 2.34. The van der Waals surface area contributed by atoms with Gasteiger partial charge in [-0.15, -0.1) is 10.2 Å². The van der Waals surface area contributed by atoms with Crippen LogP contribution in [0.2, 0.25) is 0 Å². The van der Waals surface area contributed by atoms with Crippen molar-refractivity contribution in [2.24, 2.45) is 0 Å². The molecule has 0 radical (unpaired) electrons. The lowest BCUT2D eigenvalue weighted by molar-refractivity contribution is 0.206. The van der Waals surface area contributed by atoms with Crippen molar-refractivity contribution in [2.45, 2.75) is 58.2 Å². The van der Waals surface area contributed by atoms with Crippen LogP contribution in [0.4, 0.5) is 0 Å². The molecule has 134 valence electrons. The average molecular weight is 340 g/mol. The summed E-state index contributed by atoms with van der Waals surface area (Å²) in [6.45, 7) is 8.87. The van der Waals surface area contributed by atoms with Crippen molar-refractivity contribution in [3.63, 3.8) is 0 Å². The molecule has 2 atom stereocenters. The minimum Gasteiger partial charge on any atom is -0.424 e. The summed E-state index contributed by atoms with van der Waals surface area (Å²) in [4.78, 5) is 5.15. The maximum atomic E-state index is 5.94. The topological polar surface area (TPSA) is 45.4 Å². The molecule has 2 fully saturated rings. The Morgan fingerprint density at radius 3 is 2.68 bits per heavy atom. The van der Waals surface area contributed by atoms with Crippen LogP contribution >= 0.6 is 0 Å². The van der Waals surface area contributed by atoms with Gasteiger partial charge in [-0.1, -0.05) is 24.3 Å². The van der Waals surface area contributed by atoms with E-state index in [1.165, 1.54) is 43.5 Å². The molecule has 3 heterocycles. The summed E-state index contributed by atoms with van der Waals surface area (Å²) in [5.41, 5.74) is 2.52. The summed E-state index contributed by atoms with van der Waals surface area (Å²) < 4.78 is 5.94. The minimum atomic E-state index is 0.581. The normalized spacial score (nSPS) is 25.0. The molecule has 25 heavy (non-hydrogen) atoms. The molecule has 1 aromatic carbocycles. The van der Waals surface area contributed by atoms with Crippen molar-refractivity contribution in [2.75, 3.05) is 19.6 Å². The lowest BCUT2D eigenvalue weighted by Gasteiger charge is -2.23. The quantitative estimate of drug-likeness (QED) is 0.837. The molecule has 0 saturated carbocycles. The lowest BCUT2D eigenvalue weighted by atomic mass is 10.1. The van der Waals surface area contributed by atoms with Gasteiger partial charge in [0.05, 0.1) is 13.0 Å². The molecular formula is C20H28N4O. The van der Waals surface area contributed by atoms with Crippen LogP contribution in [0.5, 0.6) is 0 Å². The second-order valence-corrected chi connectivity index (χ2v) is 7.60. The number of aromatic nitrogens is 2. The molecule has 0 N–H and O–H groups in total. The van der Waals surface area contributed by atoms with Crippen molar-refractivity contribution in [3.05, 3.63) is 47.2 Å². The second-order valence-electron chi connectivity index (χ2n) is 7.60. The van der Waals surface area contributed by atoms with E-state index < -0.39 is 0 Å². The molecular weight excluding hydrogens is 312 g/mol. The maximum absolute atomic E-state index is 5.94. The van der Waals surface area contributed by atoms with Crippen LogP contribution in [0, 0.1) is 6.92 Å². The molecule has 0 bridgehead atoms. The molecule has 2 aromatic rings. The molecule has 2 unspecified atom stereocenters. The van der Waals surface area contributed by atoms with E-state index in [0.717, 1.165) is 19.0 Å². The van der Waals surface area contributed by atoms with Crippen LogP contribution in [0.3, 0.4) is 0 Å². The summed E-state index contributed by atoms with van der Waals surface area (Å²) in [5.74, 6) is 1.46. The highest BCUT2D eigenvalue weighted by atomic mass is 16.4. The summed E-state index contributed by atoms with van der Waals surface area (Å²) in [6, 6.07) is 9.65. The molecule has 2 saturated heterocycles. The van der Waals surface area contributed by atoms with Gasteiger partial charge in [0.15, 0.2) is 0 Å². The highest BCUT2D eigenvalue weighted by molar-refractivity contribution is 5.27. The minimum absolute atomic E-state index is 0.581. The van der Waals surface area contributed by atoms with Gasteiger partial charge < -0.3 is 4.42 Å². The fraction of sp³-hybridized carbons (Fsp3) is 0.600. The van der Waals surface area contributed by atoms with E-state index in [0.29, 0.717) is 24.4 Å². The van der Waals surface area contributed by atoms with Crippen LogP contribution < -0.4 is 0 Å². The largest absolute Gasteiger partial charge is 0.424 e. The van der Waals surface area contributed by atoms with Gasteiger partial charge in [-0.05, 0) is 57.3 Å². The summed E-state index contributed by atoms with van der Waals surface area (Å²) in [7, 11) is 0. The fourth-order valence-corrected chi connectivity index (χ4v) is 4.23. The Kier molecular flexibility index (Phi) is 4.86. The molecule has 0 spiro atoms. The summed E-state index contributed by atoms with van der Waals surface area (Å²) in [6.07, 6.45) is 4.68. The van der Waals surface area contributed by atoms with E-state index >= 15 is 0 Å². The average Bonchev–Trinajstić information content (AvgIpc) is 3.33. The Balaban J connectivity index is 1.37. The molecule has 5 nitrogen and oxygen atoms in total. The molecule has 4 rings (SSSR count). The lowest BCUT2D eigenvalue weighted by Crippen LogP contribution is -2.35. The van der Waals surface area contributed by atoms with Gasteiger partial charge in [0.25, 0.3) is 0 Å². The monoisotopic (exact) mass is 340 g/mol. The van der Waals surface area contributed by atoms with Crippen molar-refractivity contribution in [1.82, 2.24) is 20.0 Å². The van der Waals surface area contributed by atoms with Gasteiger partial charge in [0.1, 0.15) is 0 Å². The maximum Gasteiger partial charge on any atom is 0.230 e. The zero-order valence-electron chi connectivity index (χ0n) is 15.3. The van der Waals surface area contributed by atoms with E-state index in [9.17, 15) is 0 Å².